The average molecular weight is 220 g/mol. The van der Waals surface area contributed by atoms with Crippen molar-refractivity contribution in [3.63, 3.8) is 0 Å². The zero-order valence-corrected chi connectivity index (χ0v) is 9.35. The first kappa shape index (κ1) is 11.2. The van der Waals surface area contributed by atoms with Crippen LogP contribution in [-0.4, -0.2) is 31.0 Å². The van der Waals surface area contributed by atoms with Crippen molar-refractivity contribution in [2.24, 2.45) is 0 Å². The van der Waals surface area contributed by atoms with E-state index in [4.69, 9.17) is 4.74 Å². The van der Waals surface area contributed by atoms with Gasteiger partial charge >= 0.3 is 0 Å². The third-order valence-corrected chi connectivity index (χ3v) is 2.80. The average Bonchev–Trinajstić information content (AvgIpc) is 2.39. The predicted octanol–water partition coefficient (Wildman–Crippen LogP) is 1.04. The Bertz CT molecular complexity index is 362. The molecule has 0 saturated carbocycles. The maximum absolute atomic E-state index is 10.9. The minimum absolute atomic E-state index is 0.0349. The molecule has 0 amide bonds. The monoisotopic (exact) mass is 220 g/mol. The number of hydrogen-bond acceptors (Lipinski definition) is 4. The topological polar surface area (TPSA) is 51.2 Å². The molecule has 0 bridgehead atoms. The van der Waals surface area contributed by atoms with Gasteiger partial charge in [-0.3, -0.25) is 4.98 Å². The van der Waals surface area contributed by atoms with Gasteiger partial charge in [-0.25, -0.2) is 0 Å². The van der Waals surface area contributed by atoms with Crippen molar-refractivity contribution in [2.75, 3.05) is 19.7 Å². The second-order valence-corrected chi connectivity index (χ2v) is 3.97. The van der Waals surface area contributed by atoms with E-state index < -0.39 is 0 Å². The van der Waals surface area contributed by atoms with Gasteiger partial charge in [0.05, 0.1) is 12.3 Å². The normalized spacial score (nSPS) is 22.7. The lowest BCUT2D eigenvalue weighted by molar-refractivity contribution is -0.108. The van der Waals surface area contributed by atoms with Gasteiger partial charge in [-0.05, 0) is 11.6 Å². The summed E-state index contributed by atoms with van der Waals surface area (Å²) in [7, 11) is 0. The second kappa shape index (κ2) is 5.18. The highest BCUT2D eigenvalue weighted by Crippen LogP contribution is 2.25. The summed E-state index contributed by atoms with van der Waals surface area (Å²) >= 11 is 0. The van der Waals surface area contributed by atoms with Crippen LogP contribution in [0.15, 0.2) is 18.3 Å². The molecule has 4 nitrogen and oxygen atoms in total. The van der Waals surface area contributed by atoms with Gasteiger partial charge in [-0.2, -0.15) is 0 Å². The highest BCUT2D eigenvalue weighted by atomic mass is 16.5. The van der Waals surface area contributed by atoms with E-state index in [1.165, 1.54) is 0 Å². The molecule has 2 heterocycles. The van der Waals surface area contributed by atoms with Crippen LogP contribution in [0.1, 0.15) is 30.2 Å². The van der Waals surface area contributed by atoms with Crippen molar-refractivity contribution in [1.82, 2.24) is 10.3 Å². The number of carbonyl (C=O) groups is 1. The number of nitrogens with zero attached hydrogens (tertiary/aromatic N) is 1. The van der Waals surface area contributed by atoms with E-state index in [9.17, 15) is 4.79 Å². The first-order valence-electron chi connectivity index (χ1n) is 5.55. The van der Waals surface area contributed by atoms with Crippen LogP contribution in [0.3, 0.4) is 0 Å². The third kappa shape index (κ3) is 2.28. The molecule has 86 valence electrons. The molecular formula is C12H16N2O2. The minimum atomic E-state index is -0.130. The predicted molar refractivity (Wildman–Crippen MR) is 60.3 cm³/mol. The molecule has 1 aliphatic heterocycles. The molecular weight excluding hydrogens is 204 g/mol. The molecule has 1 N–H and O–H groups in total. The lowest BCUT2D eigenvalue weighted by Crippen LogP contribution is -2.34. The van der Waals surface area contributed by atoms with Gasteiger partial charge in [0.25, 0.3) is 0 Å². The minimum Gasteiger partial charge on any atom is -0.369 e. The van der Waals surface area contributed by atoms with Crippen molar-refractivity contribution < 1.29 is 9.53 Å². The van der Waals surface area contributed by atoms with E-state index in [0.717, 1.165) is 30.6 Å². The van der Waals surface area contributed by atoms with E-state index in [-0.39, 0.29) is 12.0 Å². The molecule has 1 aromatic rings. The summed E-state index contributed by atoms with van der Waals surface area (Å²) in [5, 5.41) is 3.26. The van der Waals surface area contributed by atoms with Crippen molar-refractivity contribution in [3.8, 4) is 0 Å². The molecule has 0 aliphatic carbocycles. The number of aromatic nitrogens is 1. The van der Waals surface area contributed by atoms with Gasteiger partial charge in [0.15, 0.2) is 0 Å². The van der Waals surface area contributed by atoms with Gasteiger partial charge < -0.3 is 14.8 Å². The lowest BCUT2D eigenvalue weighted by Gasteiger charge is -2.25. The molecule has 0 radical (unpaired) electrons. The fraction of sp³-hybridized carbons (Fsp3) is 0.500. The number of aldehydes is 1. The molecule has 0 aromatic carbocycles. The fourth-order valence-corrected chi connectivity index (χ4v) is 1.90. The van der Waals surface area contributed by atoms with Gasteiger partial charge in [0.2, 0.25) is 0 Å². The van der Waals surface area contributed by atoms with Crippen molar-refractivity contribution in [1.29, 1.82) is 0 Å². The Morgan fingerprint density at radius 3 is 3.25 bits per heavy atom. The van der Waals surface area contributed by atoms with Crippen LogP contribution in [0.25, 0.3) is 0 Å². The number of carbonyl (C=O) groups excluding carboxylic acids is 1. The standard InChI is InChI=1S/C12H16N2O2/c1-9(8-15)10-3-2-4-14-12(10)11-7-13-5-6-16-11/h2-4,8-9,11,13H,5-7H2,1H3. The number of morpholine rings is 1. The van der Waals surface area contributed by atoms with Crippen LogP contribution in [0.4, 0.5) is 0 Å². The first-order valence-corrected chi connectivity index (χ1v) is 5.55. The zero-order chi connectivity index (χ0) is 11.4. The Hall–Kier alpha value is -1.26. The fourth-order valence-electron chi connectivity index (χ4n) is 1.90. The summed E-state index contributed by atoms with van der Waals surface area (Å²) in [4.78, 5) is 15.2. The van der Waals surface area contributed by atoms with Crippen LogP contribution in [0.5, 0.6) is 0 Å². The highest BCUT2D eigenvalue weighted by Gasteiger charge is 2.21. The SMILES string of the molecule is CC(C=O)c1cccnc1C1CNCCO1. The number of rotatable bonds is 3. The number of ether oxygens (including phenoxy) is 1. The molecule has 1 saturated heterocycles. The maximum atomic E-state index is 10.9. The molecule has 2 unspecified atom stereocenters. The van der Waals surface area contributed by atoms with Crippen molar-refractivity contribution >= 4 is 6.29 Å². The van der Waals surface area contributed by atoms with E-state index in [2.05, 4.69) is 10.3 Å². The van der Waals surface area contributed by atoms with Crippen molar-refractivity contribution in [2.45, 2.75) is 18.9 Å². The largest absolute Gasteiger partial charge is 0.369 e. The summed E-state index contributed by atoms with van der Waals surface area (Å²) in [6.07, 6.45) is 2.65. The Morgan fingerprint density at radius 1 is 1.69 bits per heavy atom. The summed E-state index contributed by atoms with van der Waals surface area (Å²) in [6, 6.07) is 3.80. The van der Waals surface area contributed by atoms with Gasteiger partial charge in [-0.1, -0.05) is 13.0 Å². The highest BCUT2D eigenvalue weighted by molar-refractivity contribution is 5.62. The summed E-state index contributed by atoms with van der Waals surface area (Å²) in [5.41, 5.74) is 1.85. The van der Waals surface area contributed by atoms with Crippen molar-refractivity contribution in [3.05, 3.63) is 29.6 Å². The molecule has 1 aromatic heterocycles. The molecule has 2 rings (SSSR count). The van der Waals surface area contributed by atoms with Crippen LogP contribution < -0.4 is 5.32 Å². The quantitative estimate of drug-likeness (QED) is 0.773. The molecule has 1 fully saturated rings. The zero-order valence-electron chi connectivity index (χ0n) is 9.35. The maximum Gasteiger partial charge on any atom is 0.127 e. The molecule has 2 atom stereocenters. The molecule has 1 aliphatic rings. The van der Waals surface area contributed by atoms with E-state index in [1.807, 2.05) is 19.1 Å². The lowest BCUT2D eigenvalue weighted by atomic mass is 9.98. The van der Waals surface area contributed by atoms with Gasteiger partial charge in [0, 0.05) is 25.2 Å². The smallest absolute Gasteiger partial charge is 0.127 e. The van der Waals surface area contributed by atoms with Crippen LogP contribution in [-0.2, 0) is 9.53 Å². The molecule has 4 heteroatoms. The Balaban J connectivity index is 2.27. The summed E-state index contributed by atoms with van der Waals surface area (Å²) in [5.74, 6) is -0.130. The first-order chi connectivity index (χ1) is 7.83. The number of hydrogen-bond donors (Lipinski definition) is 1. The molecule has 0 spiro atoms. The third-order valence-electron chi connectivity index (χ3n) is 2.80. The van der Waals surface area contributed by atoms with Crippen LogP contribution >= 0.6 is 0 Å². The van der Waals surface area contributed by atoms with Crippen LogP contribution in [0, 0.1) is 0 Å². The van der Waals surface area contributed by atoms with Gasteiger partial charge in [0.1, 0.15) is 12.4 Å². The Morgan fingerprint density at radius 2 is 2.56 bits per heavy atom. The van der Waals surface area contributed by atoms with Gasteiger partial charge in [-0.15, -0.1) is 0 Å². The van der Waals surface area contributed by atoms with Crippen LogP contribution in [0.2, 0.25) is 0 Å². The Kier molecular flexibility index (Phi) is 3.64. The van der Waals surface area contributed by atoms with E-state index in [1.54, 1.807) is 6.20 Å². The molecule has 16 heavy (non-hydrogen) atoms. The van der Waals surface area contributed by atoms with E-state index >= 15 is 0 Å². The second-order valence-electron chi connectivity index (χ2n) is 3.97. The number of nitrogens with one attached hydrogen (secondary N) is 1. The van der Waals surface area contributed by atoms with E-state index in [0.29, 0.717) is 6.61 Å². The summed E-state index contributed by atoms with van der Waals surface area (Å²) in [6.45, 7) is 4.21. The number of pyridine rings is 1. The summed E-state index contributed by atoms with van der Waals surface area (Å²) < 4.78 is 5.66. The Labute approximate surface area is 95.0 Å².